The van der Waals surface area contributed by atoms with Crippen molar-refractivity contribution in [2.45, 2.75) is 32.6 Å². The van der Waals surface area contributed by atoms with Crippen molar-refractivity contribution in [2.24, 2.45) is 0 Å². The molecule has 0 fully saturated rings. The summed E-state index contributed by atoms with van der Waals surface area (Å²) in [4.78, 5) is 21.8. The second-order valence-electron chi connectivity index (χ2n) is 7.71. The maximum atomic E-state index is 13.3. The van der Waals surface area contributed by atoms with E-state index >= 15 is 0 Å². The van der Waals surface area contributed by atoms with Crippen molar-refractivity contribution >= 4 is 54.0 Å². The van der Waals surface area contributed by atoms with Gasteiger partial charge in [-0.25, -0.2) is 13.4 Å². The Balaban J connectivity index is 1.94. The highest BCUT2D eigenvalue weighted by atomic mass is 35.5. The van der Waals surface area contributed by atoms with E-state index in [0.29, 0.717) is 23.2 Å². The van der Waals surface area contributed by atoms with Crippen LogP contribution in [0, 0.1) is 13.8 Å². The Labute approximate surface area is 198 Å². The van der Waals surface area contributed by atoms with E-state index in [4.69, 9.17) is 16.6 Å². The number of thiazole rings is 1. The fourth-order valence-corrected chi connectivity index (χ4v) is 6.06. The monoisotopic (exact) mass is 493 g/mol. The zero-order valence-electron chi connectivity index (χ0n) is 18.8. The minimum Gasteiger partial charge on any atom is -0.302 e. The number of carbonyl (C=O) groups is 1. The molecule has 0 N–H and O–H groups in total. The van der Waals surface area contributed by atoms with Gasteiger partial charge >= 0.3 is 0 Å². The number of fused-ring (bicyclic) bond motifs is 1. The van der Waals surface area contributed by atoms with Gasteiger partial charge in [-0.3, -0.25) is 9.69 Å². The number of likely N-dealkylation sites (N-methyl/N-ethyl adjacent to an activating group) is 1. The molecule has 0 saturated heterocycles. The number of hydrogen-bond donors (Lipinski definition) is 0. The number of rotatable bonds is 9. The number of nitrogens with zero attached hydrogens (tertiary/aromatic N) is 3. The first kappa shape index (κ1) is 24.6. The van der Waals surface area contributed by atoms with Crippen molar-refractivity contribution in [1.82, 2.24) is 9.88 Å². The predicted octanol–water partition coefficient (Wildman–Crippen LogP) is 4.72. The van der Waals surface area contributed by atoms with Gasteiger partial charge < -0.3 is 4.90 Å². The molecule has 3 aromatic rings. The number of sulfone groups is 1. The highest BCUT2D eigenvalue weighted by Crippen LogP contribution is 2.32. The molecular formula is C23H28ClN3O3S2. The number of anilines is 1. The maximum Gasteiger partial charge on any atom is 0.244 e. The van der Waals surface area contributed by atoms with Gasteiger partial charge in [-0.1, -0.05) is 42.9 Å². The summed E-state index contributed by atoms with van der Waals surface area (Å²) in [5.41, 5.74) is 3.00. The fourth-order valence-electron chi connectivity index (χ4n) is 3.55. The van der Waals surface area contributed by atoms with Crippen molar-refractivity contribution in [2.75, 3.05) is 36.8 Å². The molecule has 2 aromatic carbocycles. The molecule has 1 heterocycles. The smallest absolute Gasteiger partial charge is 0.244 e. The third-order valence-electron chi connectivity index (χ3n) is 5.37. The van der Waals surface area contributed by atoms with Crippen LogP contribution in [0.5, 0.6) is 0 Å². The summed E-state index contributed by atoms with van der Waals surface area (Å²) in [5, 5.41) is 0.966. The first-order chi connectivity index (χ1) is 15.1. The van der Waals surface area contributed by atoms with E-state index in [2.05, 4.69) is 24.8 Å². The highest BCUT2D eigenvalue weighted by molar-refractivity contribution is 7.92. The molecule has 0 aliphatic rings. The Bertz CT molecular complexity index is 1200. The van der Waals surface area contributed by atoms with Crippen LogP contribution in [0.25, 0.3) is 10.2 Å². The molecule has 6 nitrogen and oxygen atoms in total. The van der Waals surface area contributed by atoms with Crippen molar-refractivity contribution in [3.63, 3.8) is 0 Å². The fraction of sp³-hybridized carbons (Fsp3) is 0.391. The SMILES string of the molecule is CCN(CC)CCN(C(=O)CS(=O)(=O)c1ccc(Cl)cc1)c1nc2c(C)cc(C)cc2s1. The summed E-state index contributed by atoms with van der Waals surface area (Å²) in [6.45, 7) is 10.8. The third kappa shape index (κ3) is 5.67. The number of benzene rings is 2. The Kier molecular flexibility index (Phi) is 7.92. The lowest BCUT2D eigenvalue weighted by molar-refractivity contribution is -0.116. The molecule has 0 bridgehead atoms. The van der Waals surface area contributed by atoms with Gasteiger partial charge in [0, 0.05) is 18.1 Å². The van der Waals surface area contributed by atoms with Crippen molar-refractivity contribution in [3.8, 4) is 0 Å². The molecular weight excluding hydrogens is 466 g/mol. The molecule has 0 radical (unpaired) electrons. The lowest BCUT2D eigenvalue weighted by Gasteiger charge is -2.24. The molecule has 1 amide bonds. The van der Waals surface area contributed by atoms with Gasteiger partial charge in [-0.15, -0.1) is 0 Å². The van der Waals surface area contributed by atoms with Crippen molar-refractivity contribution in [1.29, 1.82) is 0 Å². The molecule has 32 heavy (non-hydrogen) atoms. The largest absolute Gasteiger partial charge is 0.302 e. The van der Waals surface area contributed by atoms with Crippen LogP contribution in [0.4, 0.5) is 5.13 Å². The second kappa shape index (κ2) is 10.3. The van der Waals surface area contributed by atoms with Gasteiger partial charge in [0.2, 0.25) is 5.91 Å². The van der Waals surface area contributed by atoms with Crippen LogP contribution in [-0.2, 0) is 14.6 Å². The minimum absolute atomic E-state index is 0.0784. The van der Waals surface area contributed by atoms with Crippen LogP contribution < -0.4 is 4.90 Å². The lowest BCUT2D eigenvalue weighted by atomic mass is 10.1. The summed E-state index contributed by atoms with van der Waals surface area (Å²) in [5.74, 6) is -1.11. The number of aromatic nitrogens is 1. The van der Waals surface area contributed by atoms with Gasteiger partial charge in [0.05, 0.1) is 15.1 Å². The van der Waals surface area contributed by atoms with E-state index in [1.54, 1.807) is 0 Å². The lowest BCUT2D eigenvalue weighted by Crippen LogP contribution is -2.41. The van der Waals surface area contributed by atoms with Crippen LogP contribution in [0.3, 0.4) is 0 Å². The minimum atomic E-state index is -3.81. The Hall–Kier alpha value is -2.00. The van der Waals surface area contributed by atoms with Gasteiger partial charge in [0.1, 0.15) is 5.75 Å². The van der Waals surface area contributed by atoms with Gasteiger partial charge in [0.25, 0.3) is 0 Å². The van der Waals surface area contributed by atoms with Gasteiger partial charge in [0.15, 0.2) is 15.0 Å². The molecule has 3 rings (SSSR count). The Morgan fingerprint density at radius 2 is 1.72 bits per heavy atom. The molecule has 0 unspecified atom stereocenters. The molecule has 0 atom stereocenters. The summed E-state index contributed by atoms with van der Waals surface area (Å²) in [7, 11) is -3.81. The maximum absolute atomic E-state index is 13.3. The van der Waals surface area contributed by atoms with Gasteiger partial charge in [-0.05, 0) is 68.4 Å². The molecule has 172 valence electrons. The van der Waals surface area contributed by atoms with Crippen molar-refractivity contribution < 1.29 is 13.2 Å². The number of amides is 1. The van der Waals surface area contributed by atoms with E-state index < -0.39 is 21.5 Å². The average Bonchev–Trinajstić information content (AvgIpc) is 3.15. The predicted molar refractivity (Wildman–Crippen MR) is 133 cm³/mol. The van der Waals surface area contributed by atoms with Gasteiger partial charge in [-0.2, -0.15) is 0 Å². The van der Waals surface area contributed by atoms with E-state index in [0.717, 1.165) is 34.4 Å². The van der Waals surface area contributed by atoms with E-state index in [1.807, 2.05) is 19.9 Å². The number of carbonyl (C=O) groups excluding carboxylic acids is 1. The second-order valence-corrected chi connectivity index (χ2v) is 11.1. The first-order valence-corrected chi connectivity index (χ1v) is 13.4. The average molecular weight is 494 g/mol. The molecule has 9 heteroatoms. The van der Waals surface area contributed by atoms with Crippen LogP contribution in [0.2, 0.25) is 5.02 Å². The van der Waals surface area contributed by atoms with E-state index in [1.165, 1.54) is 40.5 Å². The Morgan fingerprint density at radius 1 is 1.06 bits per heavy atom. The zero-order valence-corrected chi connectivity index (χ0v) is 21.1. The van der Waals surface area contributed by atoms with Crippen LogP contribution >= 0.6 is 22.9 Å². The standard InChI is InChI=1S/C23H28ClN3O3S2/c1-5-26(6-2)11-12-27(23-25-22-17(4)13-16(3)14-20(22)31-23)21(28)15-32(29,30)19-9-7-18(24)8-10-19/h7-10,13-14H,5-6,11-12,15H2,1-4H3. The highest BCUT2D eigenvalue weighted by Gasteiger charge is 2.27. The number of hydrogen-bond acceptors (Lipinski definition) is 6. The summed E-state index contributed by atoms with van der Waals surface area (Å²) >= 11 is 7.29. The number of aryl methyl sites for hydroxylation is 2. The zero-order chi connectivity index (χ0) is 23.5. The molecule has 1 aromatic heterocycles. The first-order valence-electron chi connectivity index (χ1n) is 10.5. The van der Waals surface area contributed by atoms with Crippen LogP contribution in [0.1, 0.15) is 25.0 Å². The Morgan fingerprint density at radius 3 is 2.34 bits per heavy atom. The molecule has 0 spiro atoms. The van der Waals surface area contributed by atoms with E-state index in [9.17, 15) is 13.2 Å². The van der Waals surface area contributed by atoms with E-state index in [-0.39, 0.29) is 4.90 Å². The normalized spacial score (nSPS) is 11.9. The quantitative estimate of drug-likeness (QED) is 0.431. The third-order valence-corrected chi connectivity index (χ3v) is 8.27. The van der Waals surface area contributed by atoms with Crippen LogP contribution in [0.15, 0.2) is 41.3 Å². The van der Waals surface area contributed by atoms with Crippen LogP contribution in [-0.4, -0.2) is 56.1 Å². The molecule has 0 aliphatic heterocycles. The number of halogens is 1. The summed E-state index contributed by atoms with van der Waals surface area (Å²) < 4.78 is 26.8. The molecule has 0 saturated carbocycles. The topological polar surface area (TPSA) is 70.6 Å². The summed E-state index contributed by atoms with van der Waals surface area (Å²) in [6.07, 6.45) is 0. The summed E-state index contributed by atoms with van der Waals surface area (Å²) in [6, 6.07) is 9.97. The molecule has 0 aliphatic carbocycles. The van der Waals surface area contributed by atoms with Crippen molar-refractivity contribution in [3.05, 3.63) is 52.5 Å².